The second kappa shape index (κ2) is 8.00. The monoisotopic (exact) mass is 395 g/mol. The van der Waals surface area contributed by atoms with E-state index in [1.54, 1.807) is 4.90 Å². The van der Waals surface area contributed by atoms with Crippen molar-refractivity contribution in [1.82, 2.24) is 19.8 Å². The molecule has 2 amide bonds. The van der Waals surface area contributed by atoms with Crippen LogP contribution in [0.1, 0.15) is 23.1 Å². The fourth-order valence-corrected chi connectivity index (χ4v) is 3.54. The first kappa shape index (κ1) is 19.1. The van der Waals surface area contributed by atoms with Crippen molar-refractivity contribution in [3.63, 3.8) is 0 Å². The van der Waals surface area contributed by atoms with E-state index in [1.165, 1.54) is 25.1 Å². The molecule has 0 spiro atoms. The molecule has 1 saturated heterocycles. The SMILES string of the molecule is CC(=O)Nc1ccc(F)c(C(=O)N2CCN(Cc3nc4ccccc4[nH]3)CC2)c1. The van der Waals surface area contributed by atoms with Gasteiger partial charge in [0.05, 0.1) is 23.1 Å². The second-order valence-corrected chi connectivity index (χ2v) is 7.14. The molecular weight excluding hydrogens is 373 g/mol. The maximum absolute atomic E-state index is 14.2. The molecule has 0 bridgehead atoms. The van der Waals surface area contributed by atoms with Crippen LogP contribution in [0.4, 0.5) is 10.1 Å². The Morgan fingerprint density at radius 2 is 1.90 bits per heavy atom. The molecule has 0 atom stereocenters. The number of nitrogens with zero attached hydrogens (tertiary/aromatic N) is 3. The molecule has 1 aliphatic heterocycles. The van der Waals surface area contributed by atoms with Gasteiger partial charge in [-0.15, -0.1) is 0 Å². The fourth-order valence-electron chi connectivity index (χ4n) is 3.54. The first-order valence-corrected chi connectivity index (χ1v) is 9.52. The number of anilines is 1. The molecule has 4 rings (SSSR count). The van der Waals surface area contributed by atoms with Crippen LogP contribution < -0.4 is 5.32 Å². The quantitative estimate of drug-likeness (QED) is 0.712. The number of aromatic amines is 1. The Labute approximate surface area is 167 Å². The van der Waals surface area contributed by atoms with Gasteiger partial charge in [-0.2, -0.15) is 0 Å². The van der Waals surface area contributed by atoms with Gasteiger partial charge >= 0.3 is 0 Å². The zero-order valence-corrected chi connectivity index (χ0v) is 16.1. The first-order valence-electron chi connectivity index (χ1n) is 9.52. The molecule has 0 aliphatic carbocycles. The van der Waals surface area contributed by atoms with E-state index in [2.05, 4.69) is 20.2 Å². The third kappa shape index (κ3) is 4.27. The number of nitrogens with one attached hydrogen (secondary N) is 2. The number of H-pyrrole nitrogens is 1. The van der Waals surface area contributed by atoms with E-state index in [9.17, 15) is 14.0 Å². The van der Waals surface area contributed by atoms with E-state index >= 15 is 0 Å². The highest BCUT2D eigenvalue weighted by atomic mass is 19.1. The number of hydrogen-bond acceptors (Lipinski definition) is 4. The third-order valence-corrected chi connectivity index (χ3v) is 4.99. The number of para-hydroxylation sites is 2. The van der Waals surface area contributed by atoms with Gasteiger partial charge in [0.15, 0.2) is 0 Å². The van der Waals surface area contributed by atoms with E-state index in [0.717, 1.165) is 16.9 Å². The Hall–Kier alpha value is -3.26. The molecule has 2 N–H and O–H groups in total. The first-order chi connectivity index (χ1) is 14.0. The Kier molecular flexibility index (Phi) is 5.26. The highest BCUT2D eigenvalue weighted by Crippen LogP contribution is 2.19. The van der Waals surface area contributed by atoms with E-state index in [1.807, 2.05) is 24.3 Å². The van der Waals surface area contributed by atoms with Crippen molar-refractivity contribution in [2.75, 3.05) is 31.5 Å². The summed E-state index contributed by atoms with van der Waals surface area (Å²) in [4.78, 5) is 35.8. The maximum atomic E-state index is 14.2. The summed E-state index contributed by atoms with van der Waals surface area (Å²) < 4.78 is 14.2. The predicted molar refractivity (Wildman–Crippen MR) is 108 cm³/mol. The molecule has 0 unspecified atom stereocenters. The van der Waals surface area contributed by atoms with Crippen molar-refractivity contribution < 1.29 is 14.0 Å². The van der Waals surface area contributed by atoms with Crippen molar-refractivity contribution >= 4 is 28.5 Å². The zero-order chi connectivity index (χ0) is 20.4. The maximum Gasteiger partial charge on any atom is 0.256 e. The van der Waals surface area contributed by atoms with Gasteiger partial charge in [0, 0.05) is 38.8 Å². The van der Waals surface area contributed by atoms with Crippen molar-refractivity contribution in [2.24, 2.45) is 0 Å². The lowest BCUT2D eigenvalue weighted by Gasteiger charge is -2.34. The van der Waals surface area contributed by atoms with E-state index in [0.29, 0.717) is 38.4 Å². The largest absolute Gasteiger partial charge is 0.341 e. The standard InChI is InChI=1S/C21H22FN5O2/c1-14(28)23-15-6-7-17(22)16(12-15)21(29)27-10-8-26(9-11-27)13-20-24-18-4-2-3-5-19(18)25-20/h2-7,12H,8-11,13H2,1H3,(H,23,28)(H,24,25). The van der Waals surface area contributed by atoms with Crippen LogP contribution in [0.5, 0.6) is 0 Å². The molecule has 0 radical (unpaired) electrons. The average Bonchev–Trinajstić information content (AvgIpc) is 3.11. The van der Waals surface area contributed by atoms with Gasteiger partial charge in [-0.1, -0.05) is 12.1 Å². The third-order valence-electron chi connectivity index (χ3n) is 4.99. The normalized spacial score (nSPS) is 14.9. The van der Waals surface area contributed by atoms with E-state index in [4.69, 9.17) is 0 Å². The number of amides is 2. The molecule has 0 saturated carbocycles. The number of piperazine rings is 1. The van der Waals surface area contributed by atoms with Crippen LogP contribution in [-0.2, 0) is 11.3 Å². The molecule has 7 nitrogen and oxygen atoms in total. The molecular formula is C21H22FN5O2. The zero-order valence-electron chi connectivity index (χ0n) is 16.1. The topological polar surface area (TPSA) is 81.3 Å². The van der Waals surface area contributed by atoms with Crippen LogP contribution in [0.3, 0.4) is 0 Å². The van der Waals surface area contributed by atoms with Gasteiger partial charge in [-0.25, -0.2) is 9.37 Å². The Balaban J connectivity index is 1.39. The number of hydrogen-bond donors (Lipinski definition) is 2. The van der Waals surface area contributed by atoms with Gasteiger partial charge in [0.2, 0.25) is 5.91 Å². The summed E-state index contributed by atoms with van der Waals surface area (Å²) in [6.45, 7) is 4.40. The summed E-state index contributed by atoms with van der Waals surface area (Å²) in [6, 6.07) is 11.9. The lowest BCUT2D eigenvalue weighted by atomic mass is 10.1. The number of rotatable bonds is 4. The number of halogens is 1. The highest BCUT2D eigenvalue weighted by Gasteiger charge is 2.25. The highest BCUT2D eigenvalue weighted by molar-refractivity contribution is 5.97. The summed E-state index contributed by atoms with van der Waals surface area (Å²) in [5.41, 5.74) is 2.32. The molecule has 2 aromatic carbocycles. The number of carbonyl (C=O) groups excluding carboxylic acids is 2. The lowest BCUT2D eigenvalue weighted by Crippen LogP contribution is -2.48. The molecule has 3 aromatic rings. The summed E-state index contributed by atoms with van der Waals surface area (Å²) in [5, 5.41) is 2.58. The summed E-state index contributed by atoms with van der Waals surface area (Å²) >= 11 is 0. The number of fused-ring (bicyclic) bond motifs is 1. The van der Waals surface area contributed by atoms with Crippen LogP contribution in [0.25, 0.3) is 11.0 Å². The van der Waals surface area contributed by atoms with E-state index < -0.39 is 5.82 Å². The van der Waals surface area contributed by atoms with Gasteiger partial charge in [-0.3, -0.25) is 14.5 Å². The van der Waals surface area contributed by atoms with Crippen LogP contribution in [0.15, 0.2) is 42.5 Å². The molecule has 1 aliphatic rings. The van der Waals surface area contributed by atoms with Crippen LogP contribution >= 0.6 is 0 Å². The minimum absolute atomic E-state index is 0.0259. The summed E-state index contributed by atoms with van der Waals surface area (Å²) in [7, 11) is 0. The molecule has 8 heteroatoms. The van der Waals surface area contributed by atoms with Crippen LogP contribution in [0.2, 0.25) is 0 Å². The Morgan fingerprint density at radius 1 is 1.14 bits per heavy atom. The van der Waals surface area contributed by atoms with Crippen LogP contribution in [-0.4, -0.2) is 57.8 Å². The smallest absolute Gasteiger partial charge is 0.256 e. The number of benzene rings is 2. The molecule has 2 heterocycles. The van der Waals surface area contributed by atoms with Crippen LogP contribution in [0, 0.1) is 5.82 Å². The molecule has 1 aromatic heterocycles. The van der Waals surface area contributed by atoms with Gasteiger partial charge < -0.3 is 15.2 Å². The minimum atomic E-state index is -0.589. The van der Waals surface area contributed by atoms with Gasteiger partial charge in [-0.05, 0) is 30.3 Å². The van der Waals surface area contributed by atoms with Gasteiger partial charge in [0.1, 0.15) is 11.6 Å². The van der Waals surface area contributed by atoms with Crippen molar-refractivity contribution in [1.29, 1.82) is 0 Å². The molecule has 29 heavy (non-hydrogen) atoms. The van der Waals surface area contributed by atoms with Crippen molar-refractivity contribution in [3.8, 4) is 0 Å². The molecule has 1 fully saturated rings. The minimum Gasteiger partial charge on any atom is -0.341 e. The van der Waals surface area contributed by atoms with Crippen molar-refractivity contribution in [3.05, 3.63) is 59.7 Å². The second-order valence-electron chi connectivity index (χ2n) is 7.14. The summed E-state index contributed by atoms with van der Waals surface area (Å²) in [5.74, 6) is -0.332. The van der Waals surface area contributed by atoms with E-state index in [-0.39, 0.29) is 17.4 Å². The van der Waals surface area contributed by atoms with Crippen molar-refractivity contribution in [2.45, 2.75) is 13.5 Å². The predicted octanol–water partition coefficient (Wildman–Crippen LogP) is 2.62. The number of carbonyl (C=O) groups is 2. The number of imidazole rings is 1. The Bertz CT molecular complexity index is 1020. The number of aromatic nitrogens is 2. The fraction of sp³-hybridized carbons (Fsp3) is 0.286. The van der Waals surface area contributed by atoms with Gasteiger partial charge in [0.25, 0.3) is 5.91 Å². The lowest BCUT2D eigenvalue weighted by molar-refractivity contribution is -0.114. The average molecular weight is 395 g/mol. The Morgan fingerprint density at radius 3 is 2.62 bits per heavy atom. The molecule has 150 valence electrons. The summed E-state index contributed by atoms with van der Waals surface area (Å²) in [6.07, 6.45) is 0.